The summed E-state index contributed by atoms with van der Waals surface area (Å²) in [4.78, 5) is 12.8. The van der Waals surface area contributed by atoms with E-state index in [-0.39, 0.29) is 18.1 Å². The van der Waals surface area contributed by atoms with E-state index in [2.05, 4.69) is 22.3 Å². The number of anilines is 1. The van der Waals surface area contributed by atoms with Crippen LogP contribution in [0.3, 0.4) is 0 Å². The van der Waals surface area contributed by atoms with Gasteiger partial charge < -0.3 is 20.5 Å². The summed E-state index contributed by atoms with van der Waals surface area (Å²) in [5.41, 5.74) is 7.41. The van der Waals surface area contributed by atoms with Gasteiger partial charge in [0.1, 0.15) is 11.9 Å². The Bertz CT molecular complexity index is 922. The van der Waals surface area contributed by atoms with Gasteiger partial charge in [-0.3, -0.25) is 9.48 Å². The molecule has 160 valence electrons. The number of nitrogens with one attached hydrogen (secondary N) is 1. The quantitative estimate of drug-likeness (QED) is 0.685. The molecule has 3 rings (SSSR count). The van der Waals surface area contributed by atoms with E-state index >= 15 is 0 Å². The monoisotopic (exact) mass is 410 g/mol. The van der Waals surface area contributed by atoms with Gasteiger partial charge in [0.25, 0.3) is 5.91 Å². The van der Waals surface area contributed by atoms with Crippen LogP contribution in [-0.4, -0.2) is 41.6 Å². The van der Waals surface area contributed by atoms with Gasteiger partial charge in [-0.25, -0.2) is 0 Å². The van der Waals surface area contributed by atoms with E-state index in [1.165, 1.54) is 12.8 Å². The van der Waals surface area contributed by atoms with Crippen molar-refractivity contribution in [2.24, 2.45) is 18.7 Å². The van der Waals surface area contributed by atoms with Gasteiger partial charge >= 0.3 is 0 Å². The Morgan fingerprint density at radius 3 is 2.80 bits per heavy atom. The molecule has 1 saturated carbocycles. The van der Waals surface area contributed by atoms with Crippen molar-refractivity contribution >= 4 is 11.7 Å². The number of benzene rings is 1. The highest BCUT2D eigenvalue weighted by molar-refractivity contribution is 6.04. The zero-order valence-corrected chi connectivity index (χ0v) is 17.9. The molecule has 0 bridgehead atoms. The lowest BCUT2D eigenvalue weighted by atomic mass is 9.99. The molecule has 2 aromatic rings. The predicted molar refractivity (Wildman–Crippen MR) is 116 cm³/mol. The number of nitrogens with two attached hydrogens (primary N) is 1. The molecule has 3 N–H and O–H groups in total. The lowest BCUT2D eigenvalue weighted by Crippen LogP contribution is -2.26. The summed E-state index contributed by atoms with van der Waals surface area (Å²) in [5.74, 6) is 7.53. The highest BCUT2D eigenvalue weighted by Crippen LogP contribution is 2.26. The zero-order valence-electron chi connectivity index (χ0n) is 17.9. The van der Waals surface area contributed by atoms with Crippen LogP contribution in [0.15, 0.2) is 30.5 Å². The maximum Gasteiger partial charge on any atom is 0.257 e. The van der Waals surface area contributed by atoms with Crippen molar-refractivity contribution in [1.29, 1.82) is 0 Å². The number of aryl methyl sites for hydroxylation is 1. The molecule has 1 heterocycles. The number of aromatic nitrogens is 2. The van der Waals surface area contributed by atoms with Crippen LogP contribution in [0.4, 0.5) is 5.82 Å². The van der Waals surface area contributed by atoms with Crippen molar-refractivity contribution in [1.82, 2.24) is 9.78 Å². The molecule has 7 heteroatoms. The molecule has 0 spiro atoms. The Balaban J connectivity index is 1.83. The van der Waals surface area contributed by atoms with Gasteiger partial charge in [0, 0.05) is 37.5 Å². The third-order valence-electron chi connectivity index (χ3n) is 5.15. The maximum absolute atomic E-state index is 12.8. The van der Waals surface area contributed by atoms with Crippen molar-refractivity contribution in [3.05, 3.63) is 41.6 Å². The van der Waals surface area contributed by atoms with E-state index in [0.717, 1.165) is 12.8 Å². The van der Waals surface area contributed by atoms with E-state index in [9.17, 15) is 4.79 Å². The van der Waals surface area contributed by atoms with Crippen LogP contribution >= 0.6 is 0 Å². The topological polar surface area (TPSA) is 91.4 Å². The first kappa shape index (κ1) is 21.9. The second-order valence-electron chi connectivity index (χ2n) is 7.80. The number of rotatable bonds is 7. The van der Waals surface area contributed by atoms with Crippen LogP contribution in [0.25, 0.3) is 0 Å². The number of carbonyl (C=O) groups is 1. The average Bonchev–Trinajstić information content (AvgIpc) is 3.38. The molecule has 0 radical (unpaired) electrons. The number of carbonyl (C=O) groups excluding carboxylic acids is 1. The smallest absolute Gasteiger partial charge is 0.257 e. The molecular weight excluding hydrogens is 380 g/mol. The summed E-state index contributed by atoms with van der Waals surface area (Å²) >= 11 is 0. The number of methoxy groups -OCH3 is 1. The van der Waals surface area contributed by atoms with Crippen LogP contribution in [0.2, 0.25) is 0 Å². The molecule has 7 nitrogen and oxygen atoms in total. The van der Waals surface area contributed by atoms with Gasteiger partial charge in [-0.2, -0.15) is 5.10 Å². The van der Waals surface area contributed by atoms with Crippen molar-refractivity contribution in [3.8, 4) is 17.6 Å². The molecule has 1 aliphatic rings. The molecule has 1 fully saturated rings. The molecule has 0 saturated heterocycles. The molecule has 1 aromatic heterocycles. The van der Waals surface area contributed by atoms with Crippen molar-refractivity contribution in [3.63, 3.8) is 0 Å². The van der Waals surface area contributed by atoms with Crippen LogP contribution in [-0.2, 0) is 11.8 Å². The van der Waals surface area contributed by atoms with Gasteiger partial charge in [0.2, 0.25) is 0 Å². The molecule has 1 aliphatic carbocycles. The number of amides is 1. The fraction of sp³-hybridized carbons (Fsp3) is 0.478. The van der Waals surface area contributed by atoms with E-state index in [1.807, 2.05) is 13.0 Å². The Morgan fingerprint density at radius 2 is 2.13 bits per heavy atom. The van der Waals surface area contributed by atoms with Crippen LogP contribution in [0, 0.1) is 17.8 Å². The highest BCUT2D eigenvalue weighted by atomic mass is 16.5. The van der Waals surface area contributed by atoms with Gasteiger partial charge in [-0.05, 0) is 43.9 Å². The molecule has 30 heavy (non-hydrogen) atoms. The summed E-state index contributed by atoms with van der Waals surface area (Å²) in [6, 6.07) is 6.86. The van der Waals surface area contributed by atoms with Crippen molar-refractivity contribution < 1.29 is 14.3 Å². The SMILES string of the molecule is COC[C@H](C)Oc1cc(C#CC(N)C2CCCC2)cc(C(=O)Nc2ccn(C)n2)c1. The Kier molecular flexibility index (Phi) is 7.50. The number of ether oxygens (including phenoxy) is 2. The molecular formula is C23H30N4O3. The fourth-order valence-electron chi connectivity index (χ4n) is 3.64. The van der Waals surface area contributed by atoms with Crippen molar-refractivity contribution in [2.45, 2.75) is 44.8 Å². The zero-order chi connectivity index (χ0) is 21.5. The van der Waals surface area contributed by atoms with E-state index in [4.69, 9.17) is 15.2 Å². The molecule has 1 amide bonds. The Hall–Kier alpha value is -2.82. The molecule has 1 unspecified atom stereocenters. The van der Waals surface area contributed by atoms with Crippen LogP contribution in [0.1, 0.15) is 48.5 Å². The van der Waals surface area contributed by atoms with Crippen LogP contribution < -0.4 is 15.8 Å². The standard InChI is InChI=1S/C23H30N4O3/c1-16(15-29-3)30-20-13-17(8-9-21(24)18-6-4-5-7-18)12-19(14-20)23(28)25-22-10-11-27(2)26-22/h10-14,16,18,21H,4-7,15,24H2,1-3H3,(H,25,26,28)/t16-,21?/m0/s1. The summed E-state index contributed by atoms with van der Waals surface area (Å²) in [7, 11) is 3.42. The first-order valence-corrected chi connectivity index (χ1v) is 10.3. The second-order valence-corrected chi connectivity index (χ2v) is 7.80. The summed E-state index contributed by atoms with van der Waals surface area (Å²) in [5, 5.41) is 6.99. The van der Waals surface area contributed by atoms with E-state index in [0.29, 0.717) is 35.2 Å². The summed E-state index contributed by atoms with van der Waals surface area (Å²) in [6.07, 6.45) is 6.31. The average molecular weight is 411 g/mol. The van der Waals surface area contributed by atoms with Crippen LogP contribution in [0.5, 0.6) is 5.75 Å². The summed E-state index contributed by atoms with van der Waals surface area (Å²) in [6.45, 7) is 2.35. The van der Waals surface area contributed by atoms with Crippen molar-refractivity contribution in [2.75, 3.05) is 19.0 Å². The second kappa shape index (κ2) is 10.3. The maximum atomic E-state index is 12.8. The lowest BCUT2D eigenvalue weighted by Gasteiger charge is -2.15. The minimum Gasteiger partial charge on any atom is -0.488 e. The predicted octanol–water partition coefficient (Wildman–Crippen LogP) is 2.96. The minimum atomic E-state index is -0.276. The lowest BCUT2D eigenvalue weighted by molar-refractivity contribution is 0.0917. The highest BCUT2D eigenvalue weighted by Gasteiger charge is 2.20. The normalized spacial score (nSPS) is 15.9. The molecule has 1 aromatic carbocycles. The number of hydrogen-bond donors (Lipinski definition) is 2. The van der Waals surface area contributed by atoms with E-state index in [1.54, 1.807) is 43.2 Å². The third kappa shape index (κ3) is 6.09. The minimum absolute atomic E-state index is 0.157. The molecule has 0 aliphatic heterocycles. The molecule has 2 atom stereocenters. The fourth-order valence-corrected chi connectivity index (χ4v) is 3.64. The largest absolute Gasteiger partial charge is 0.488 e. The van der Waals surface area contributed by atoms with Gasteiger partial charge in [-0.1, -0.05) is 24.7 Å². The number of nitrogens with zero attached hydrogens (tertiary/aromatic N) is 2. The van der Waals surface area contributed by atoms with E-state index < -0.39 is 0 Å². The van der Waals surface area contributed by atoms with Gasteiger partial charge in [0.15, 0.2) is 5.82 Å². The summed E-state index contributed by atoms with van der Waals surface area (Å²) < 4.78 is 12.7. The Labute approximate surface area is 177 Å². The first-order chi connectivity index (χ1) is 14.4. The number of hydrogen-bond acceptors (Lipinski definition) is 5. The van der Waals surface area contributed by atoms with Gasteiger partial charge in [-0.15, -0.1) is 0 Å². The first-order valence-electron chi connectivity index (χ1n) is 10.3. The van der Waals surface area contributed by atoms with Gasteiger partial charge in [0.05, 0.1) is 12.6 Å². The third-order valence-corrected chi connectivity index (χ3v) is 5.15. The Morgan fingerprint density at radius 1 is 1.37 bits per heavy atom.